The summed E-state index contributed by atoms with van der Waals surface area (Å²) in [5.74, 6) is -1.20. The van der Waals surface area contributed by atoms with Crippen molar-refractivity contribution in [3.05, 3.63) is 30.3 Å². The van der Waals surface area contributed by atoms with Crippen LogP contribution in [-0.4, -0.2) is 67.1 Å². The minimum absolute atomic E-state index is 0.0852. The van der Waals surface area contributed by atoms with Crippen LogP contribution in [0.3, 0.4) is 0 Å². The van der Waals surface area contributed by atoms with E-state index < -0.39 is 33.9 Å². The lowest BCUT2D eigenvalue weighted by Gasteiger charge is -2.40. The third-order valence-electron chi connectivity index (χ3n) is 6.38. The zero-order valence-electron chi connectivity index (χ0n) is 18.4. The van der Waals surface area contributed by atoms with E-state index in [1.807, 2.05) is 0 Å². The molecule has 176 valence electrons. The summed E-state index contributed by atoms with van der Waals surface area (Å²) >= 11 is 0. The second kappa shape index (κ2) is 10.4. The fourth-order valence-corrected chi connectivity index (χ4v) is 6.05. The van der Waals surface area contributed by atoms with Crippen LogP contribution in [0.2, 0.25) is 0 Å². The van der Waals surface area contributed by atoms with Gasteiger partial charge in [-0.1, -0.05) is 50.3 Å². The number of carbonyl (C=O) groups excluding carboxylic acids is 3. The molecule has 2 aliphatic rings. The number of nitrogens with two attached hydrogens (primary N) is 1. The van der Waals surface area contributed by atoms with E-state index in [1.54, 1.807) is 18.2 Å². The summed E-state index contributed by atoms with van der Waals surface area (Å²) in [6.07, 6.45) is 5.80. The van der Waals surface area contributed by atoms with Gasteiger partial charge in [-0.2, -0.15) is 4.31 Å². The molecule has 1 aromatic rings. The second-order valence-electron chi connectivity index (χ2n) is 8.61. The summed E-state index contributed by atoms with van der Waals surface area (Å²) in [4.78, 5) is 38.8. The van der Waals surface area contributed by atoms with Crippen LogP contribution in [0.15, 0.2) is 35.2 Å². The Morgan fingerprint density at radius 2 is 1.75 bits per heavy atom. The van der Waals surface area contributed by atoms with E-state index in [0.29, 0.717) is 12.3 Å². The van der Waals surface area contributed by atoms with Gasteiger partial charge in [-0.3, -0.25) is 14.4 Å². The minimum atomic E-state index is -3.82. The van der Waals surface area contributed by atoms with Gasteiger partial charge in [0.15, 0.2) is 0 Å². The normalized spacial score (nSPS) is 21.7. The van der Waals surface area contributed by atoms with Crippen molar-refractivity contribution in [1.82, 2.24) is 14.5 Å². The van der Waals surface area contributed by atoms with Gasteiger partial charge in [0.25, 0.3) is 0 Å². The Hall–Kier alpha value is -2.46. The molecule has 0 radical (unpaired) electrons. The SMILES string of the molecule is CC(=O)N1CCN(S(=O)(=O)c2ccccc2)CC1C(=O)NC(CC1CCCCC1)C(N)=O. The molecule has 3 amide bonds. The molecule has 10 heteroatoms. The predicted molar refractivity (Wildman–Crippen MR) is 119 cm³/mol. The summed E-state index contributed by atoms with van der Waals surface area (Å²) in [5, 5.41) is 2.70. The smallest absolute Gasteiger partial charge is 0.244 e. The van der Waals surface area contributed by atoms with Crippen LogP contribution in [0.1, 0.15) is 45.4 Å². The van der Waals surface area contributed by atoms with Gasteiger partial charge in [-0.05, 0) is 24.5 Å². The Bertz CT molecular complexity index is 931. The summed E-state index contributed by atoms with van der Waals surface area (Å²) in [6, 6.07) is 6.09. The van der Waals surface area contributed by atoms with Crippen molar-refractivity contribution in [1.29, 1.82) is 0 Å². The maximum Gasteiger partial charge on any atom is 0.244 e. The van der Waals surface area contributed by atoms with Crippen molar-refractivity contribution in [3.8, 4) is 0 Å². The highest BCUT2D eigenvalue weighted by atomic mass is 32.2. The van der Waals surface area contributed by atoms with Gasteiger partial charge >= 0.3 is 0 Å². The number of hydrogen-bond acceptors (Lipinski definition) is 5. The molecule has 3 N–H and O–H groups in total. The average molecular weight is 465 g/mol. The number of carbonyl (C=O) groups is 3. The van der Waals surface area contributed by atoms with Crippen molar-refractivity contribution in [3.63, 3.8) is 0 Å². The number of piperazine rings is 1. The number of hydrogen-bond donors (Lipinski definition) is 2. The van der Waals surface area contributed by atoms with Crippen LogP contribution in [0, 0.1) is 5.92 Å². The van der Waals surface area contributed by atoms with E-state index in [4.69, 9.17) is 5.73 Å². The van der Waals surface area contributed by atoms with Crippen molar-refractivity contribution >= 4 is 27.7 Å². The third kappa shape index (κ3) is 5.66. The number of primary amides is 1. The minimum Gasteiger partial charge on any atom is -0.368 e. The molecule has 1 aromatic carbocycles. The Labute approximate surface area is 189 Å². The van der Waals surface area contributed by atoms with Gasteiger partial charge in [-0.15, -0.1) is 0 Å². The molecule has 2 unspecified atom stereocenters. The maximum atomic E-state index is 13.1. The zero-order valence-corrected chi connectivity index (χ0v) is 19.2. The van der Waals surface area contributed by atoms with E-state index in [-0.39, 0.29) is 30.4 Å². The third-order valence-corrected chi connectivity index (χ3v) is 8.26. The maximum absolute atomic E-state index is 13.1. The largest absolute Gasteiger partial charge is 0.368 e. The first-order valence-corrected chi connectivity index (χ1v) is 12.6. The van der Waals surface area contributed by atoms with E-state index in [2.05, 4.69) is 5.32 Å². The molecule has 1 saturated carbocycles. The van der Waals surface area contributed by atoms with Crippen LogP contribution in [0.4, 0.5) is 0 Å². The first kappa shape index (κ1) is 24.2. The quantitative estimate of drug-likeness (QED) is 0.618. The van der Waals surface area contributed by atoms with E-state index in [0.717, 1.165) is 25.7 Å². The zero-order chi connectivity index (χ0) is 23.3. The Balaban J connectivity index is 1.76. The topological polar surface area (TPSA) is 130 Å². The van der Waals surface area contributed by atoms with Gasteiger partial charge < -0.3 is 16.0 Å². The number of nitrogens with one attached hydrogen (secondary N) is 1. The molecule has 9 nitrogen and oxygen atoms in total. The molecule has 1 aliphatic heterocycles. The van der Waals surface area contributed by atoms with Crippen LogP contribution >= 0.6 is 0 Å². The lowest BCUT2D eigenvalue weighted by molar-refractivity contribution is -0.142. The fraction of sp³-hybridized carbons (Fsp3) is 0.591. The molecule has 1 aliphatic carbocycles. The number of amides is 3. The molecule has 1 saturated heterocycles. The first-order chi connectivity index (χ1) is 15.2. The van der Waals surface area contributed by atoms with Gasteiger partial charge in [0, 0.05) is 26.6 Å². The van der Waals surface area contributed by atoms with Crippen molar-refractivity contribution in [2.45, 2.75) is 62.4 Å². The summed E-state index contributed by atoms with van der Waals surface area (Å²) in [6.45, 7) is 1.33. The molecular weight excluding hydrogens is 432 g/mol. The Kier molecular flexibility index (Phi) is 7.89. The van der Waals surface area contributed by atoms with Gasteiger partial charge in [-0.25, -0.2) is 8.42 Å². The van der Waals surface area contributed by atoms with Gasteiger partial charge in [0.05, 0.1) is 4.90 Å². The van der Waals surface area contributed by atoms with Crippen LogP contribution in [0.25, 0.3) is 0 Å². The van der Waals surface area contributed by atoms with Crippen molar-refractivity contribution in [2.24, 2.45) is 11.7 Å². The highest BCUT2D eigenvalue weighted by molar-refractivity contribution is 7.89. The molecule has 3 rings (SSSR count). The molecule has 0 aromatic heterocycles. The van der Waals surface area contributed by atoms with E-state index in [9.17, 15) is 22.8 Å². The van der Waals surface area contributed by atoms with Gasteiger partial charge in [0.1, 0.15) is 12.1 Å². The van der Waals surface area contributed by atoms with Crippen LogP contribution in [-0.2, 0) is 24.4 Å². The standard InChI is InChI=1S/C22H32N4O5S/c1-16(27)26-13-12-25(32(30,31)18-10-6-3-7-11-18)15-20(26)22(29)24-19(21(23)28)14-17-8-4-2-5-9-17/h3,6-7,10-11,17,19-20H,2,4-5,8-9,12-15H2,1H3,(H2,23,28)(H,24,29). The highest BCUT2D eigenvalue weighted by Crippen LogP contribution is 2.27. The molecule has 0 spiro atoms. The number of sulfonamides is 1. The number of benzene rings is 1. The molecular formula is C22H32N4O5S. The lowest BCUT2D eigenvalue weighted by atomic mass is 9.84. The second-order valence-corrected chi connectivity index (χ2v) is 10.5. The summed E-state index contributed by atoms with van der Waals surface area (Å²) in [7, 11) is -3.82. The van der Waals surface area contributed by atoms with Gasteiger partial charge in [0.2, 0.25) is 27.7 Å². The Morgan fingerprint density at radius 1 is 1.09 bits per heavy atom. The monoisotopic (exact) mass is 464 g/mol. The van der Waals surface area contributed by atoms with E-state index >= 15 is 0 Å². The number of rotatable bonds is 7. The summed E-state index contributed by atoms with van der Waals surface area (Å²) in [5.41, 5.74) is 5.56. The number of nitrogens with zero attached hydrogens (tertiary/aromatic N) is 2. The predicted octanol–water partition coefficient (Wildman–Crippen LogP) is 0.849. The summed E-state index contributed by atoms with van der Waals surface area (Å²) < 4.78 is 27.3. The van der Waals surface area contributed by atoms with E-state index in [1.165, 1.54) is 34.7 Å². The first-order valence-electron chi connectivity index (χ1n) is 11.1. The highest BCUT2D eigenvalue weighted by Gasteiger charge is 2.40. The average Bonchev–Trinajstić information content (AvgIpc) is 2.79. The lowest BCUT2D eigenvalue weighted by Crippen LogP contribution is -2.62. The fourth-order valence-electron chi connectivity index (χ4n) is 4.59. The van der Waals surface area contributed by atoms with Crippen molar-refractivity contribution in [2.75, 3.05) is 19.6 Å². The van der Waals surface area contributed by atoms with Crippen molar-refractivity contribution < 1.29 is 22.8 Å². The molecule has 0 bridgehead atoms. The molecule has 32 heavy (non-hydrogen) atoms. The molecule has 2 atom stereocenters. The van der Waals surface area contributed by atoms with Crippen LogP contribution in [0.5, 0.6) is 0 Å². The Morgan fingerprint density at radius 3 is 2.34 bits per heavy atom. The molecule has 1 heterocycles. The molecule has 2 fully saturated rings. The van der Waals surface area contributed by atoms with Crippen LogP contribution < -0.4 is 11.1 Å².